The normalized spacial score (nSPS) is 11.6. The number of pyridine rings is 1. The molecule has 0 bridgehead atoms. The standard InChI is InChI=1S/C45H30N6/c1-4-14-30(15-5-1)44-47-41(48-45(49-44)31-16-6-2-7-17-31)29-50-38-24-11-10-20-33(38)35-22-12-23-36(43(35)50)34-21-13-25-40-42(34)37-28-46-27-26-39(37)51(40)32-18-8-3-9-19-32/h1-28H,29H2. The van der Waals surface area contributed by atoms with E-state index >= 15 is 0 Å². The summed E-state index contributed by atoms with van der Waals surface area (Å²) in [6.45, 7) is 0.465. The van der Waals surface area contributed by atoms with Crippen molar-refractivity contribution in [3.63, 3.8) is 0 Å². The fourth-order valence-corrected chi connectivity index (χ4v) is 7.55. The van der Waals surface area contributed by atoms with E-state index in [4.69, 9.17) is 15.0 Å². The Morgan fingerprint density at radius 1 is 0.451 bits per heavy atom. The van der Waals surface area contributed by atoms with Crippen molar-refractivity contribution < 1.29 is 0 Å². The summed E-state index contributed by atoms with van der Waals surface area (Å²) in [5.74, 6) is 2.01. The smallest absolute Gasteiger partial charge is 0.163 e. The topological polar surface area (TPSA) is 61.4 Å². The molecular weight excluding hydrogens is 625 g/mol. The zero-order valence-electron chi connectivity index (χ0n) is 27.6. The van der Waals surface area contributed by atoms with Gasteiger partial charge in [-0.25, -0.2) is 15.0 Å². The minimum atomic E-state index is 0.465. The number of hydrogen-bond acceptors (Lipinski definition) is 4. The lowest BCUT2D eigenvalue weighted by Gasteiger charge is -2.14. The molecule has 0 aliphatic heterocycles. The van der Waals surface area contributed by atoms with Crippen LogP contribution in [0.5, 0.6) is 0 Å². The predicted octanol–water partition coefficient (Wildman–Crippen LogP) is 10.5. The van der Waals surface area contributed by atoms with Gasteiger partial charge in [0.15, 0.2) is 17.5 Å². The van der Waals surface area contributed by atoms with Crippen LogP contribution in [0.15, 0.2) is 170 Å². The molecule has 0 unspecified atom stereocenters. The monoisotopic (exact) mass is 654 g/mol. The SMILES string of the molecule is c1ccc(-c2nc(Cn3c4ccccc4c4cccc(-c5cccc6c5c5cnccc5n6-c5ccccc5)c43)nc(-c3ccccc3)n2)cc1. The predicted molar refractivity (Wildman–Crippen MR) is 207 cm³/mol. The molecule has 6 nitrogen and oxygen atoms in total. The average molecular weight is 655 g/mol. The van der Waals surface area contributed by atoms with E-state index < -0.39 is 0 Å². The summed E-state index contributed by atoms with van der Waals surface area (Å²) in [6.07, 6.45) is 3.87. The number of hydrogen-bond donors (Lipinski definition) is 0. The molecule has 0 saturated carbocycles. The number of nitrogens with zero attached hydrogens (tertiary/aromatic N) is 6. The third-order valence-corrected chi connectivity index (χ3v) is 9.73. The van der Waals surface area contributed by atoms with E-state index in [1.165, 1.54) is 16.2 Å². The Hall–Kier alpha value is -6.92. The van der Waals surface area contributed by atoms with Crippen molar-refractivity contribution in [1.82, 2.24) is 29.1 Å². The quantitative estimate of drug-likeness (QED) is 0.179. The second-order valence-electron chi connectivity index (χ2n) is 12.7. The zero-order chi connectivity index (χ0) is 33.7. The second-order valence-corrected chi connectivity index (χ2v) is 12.7. The third-order valence-electron chi connectivity index (χ3n) is 9.73. The highest BCUT2D eigenvalue weighted by molar-refractivity contribution is 6.20. The maximum Gasteiger partial charge on any atom is 0.163 e. The van der Waals surface area contributed by atoms with Gasteiger partial charge in [-0.2, -0.15) is 0 Å². The number of fused-ring (bicyclic) bond motifs is 6. The zero-order valence-corrected chi connectivity index (χ0v) is 27.6. The maximum absolute atomic E-state index is 5.09. The van der Waals surface area contributed by atoms with Crippen LogP contribution >= 0.6 is 0 Å². The molecule has 51 heavy (non-hydrogen) atoms. The number of benzene rings is 6. The lowest BCUT2D eigenvalue weighted by Crippen LogP contribution is -2.08. The van der Waals surface area contributed by atoms with Gasteiger partial charge in [0, 0.05) is 61.8 Å². The molecule has 0 aliphatic rings. The van der Waals surface area contributed by atoms with Crippen LogP contribution in [0.1, 0.15) is 5.82 Å². The third kappa shape index (κ3) is 4.80. The number of rotatable bonds is 6. The molecule has 10 rings (SSSR count). The van der Waals surface area contributed by atoms with Gasteiger partial charge in [0.05, 0.1) is 23.1 Å². The molecule has 10 aromatic rings. The highest BCUT2D eigenvalue weighted by Crippen LogP contribution is 2.42. The molecular formula is C45H30N6. The first kappa shape index (κ1) is 29.0. The summed E-state index contributed by atoms with van der Waals surface area (Å²) >= 11 is 0. The van der Waals surface area contributed by atoms with Crippen LogP contribution in [0.4, 0.5) is 0 Å². The van der Waals surface area contributed by atoms with Crippen LogP contribution in [0.3, 0.4) is 0 Å². The van der Waals surface area contributed by atoms with Crippen LogP contribution in [0.25, 0.3) is 83.2 Å². The molecule has 0 aliphatic carbocycles. The van der Waals surface area contributed by atoms with Crippen molar-refractivity contribution in [3.05, 3.63) is 176 Å². The Balaban J connectivity index is 1.24. The summed E-state index contributed by atoms with van der Waals surface area (Å²) in [4.78, 5) is 19.7. The summed E-state index contributed by atoms with van der Waals surface area (Å²) < 4.78 is 4.72. The Morgan fingerprint density at radius 2 is 1.06 bits per heavy atom. The van der Waals surface area contributed by atoms with E-state index in [9.17, 15) is 0 Å². The molecule has 0 fully saturated rings. The van der Waals surface area contributed by atoms with Crippen LogP contribution in [-0.2, 0) is 6.54 Å². The molecule has 0 N–H and O–H groups in total. The molecule has 0 atom stereocenters. The first-order valence-electron chi connectivity index (χ1n) is 17.1. The van der Waals surface area contributed by atoms with Crippen molar-refractivity contribution in [1.29, 1.82) is 0 Å². The van der Waals surface area contributed by atoms with Crippen LogP contribution in [0.2, 0.25) is 0 Å². The molecule has 6 aromatic carbocycles. The van der Waals surface area contributed by atoms with Gasteiger partial charge in [0.25, 0.3) is 0 Å². The van der Waals surface area contributed by atoms with Gasteiger partial charge in [0.1, 0.15) is 0 Å². The van der Waals surface area contributed by atoms with Crippen molar-refractivity contribution in [2.45, 2.75) is 6.54 Å². The van der Waals surface area contributed by atoms with Crippen LogP contribution in [0, 0.1) is 0 Å². The molecule has 4 aromatic heterocycles. The van der Waals surface area contributed by atoms with Gasteiger partial charge in [0.2, 0.25) is 0 Å². The summed E-state index contributed by atoms with van der Waals surface area (Å²) in [5, 5.41) is 4.66. The summed E-state index contributed by atoms with van der Waals surface area (Å²) in [6, 6.07) is 54.8. The van der Waals surface area contributed by atoms with Crippen molar-refractivity contribution in [2.24, 2.45) is 0 Å². The summed E-state index contributed by atoms with van der Waals surface area (Å²) in [7, 11) is 0. The van der Waals surface area contributed by atoms with Gasteiger partial charge >= 0.3 is 0 Å². The molecule has 4 heterocycles. The van der Waals surface area contributed by atoms with Gasteiger partial charge in [-0.1, -0.05) is 127 Å². The number of para-hydroxylation sites is 3. The molecule has 0 spiro atoms. The molecule has 0 saturated heterocycles. The largest absolute Gasteiger partial charge is 0.332 e. The highest BCUT2D eigenvalue weighted by Gasteiger charge is 2.21. The Morgan fingerprint density at radius 3 is 1.80 bits per heavy atom. The minimum Gasteiger partial charge on any atom is -0.332 e. The second kappa shape index (κ2) is 11.9. The van der Waals surface area contributed by atoms with E-state index in [1.807, 2.05) is 73.1 Å². The fourth-order valence-electron chi connectivity index (χ4n) is 7.55. The molecule has 0 radical (unpaired) electrons. The fraction of sp³-hybridized carbons (Fsp3) is 0.0222. The van der Waals surface area contributed by atoms with Crippen molar-refractivity contribution in [3.8, 4) is 39.6 Å². The molecule has 0 amide bonds. The lowest BCUT2D eigenvalue weighted by molar-refractivity contribution is 0.786. The maximum atomic E-state index is 5.09. The van der Waals surface area contributed by atoms with E-state index in [2.05, 4.69) is 111 Å². The van der Waals surface area contributed by atoms with Crippen molar-refractivity contribution >= 4 is 43.6 Å². The van der Waals surface area contributed by atoms with Gasteiger partial charge in [-0.3, -0.25) is 4.98 Å². The average Bonchev–Trinajstić information content (AvgIpc) is 3.72. The van der Waals surface area contributed by atoms with Crippen LogP contribution in [-0.4, -0.2) is 29.1 Å². The van der Waals surface area contributed by atoms with Crippen LogP contribution < -0.4 is 0 Å². The Labute approximate surface area is 294 Å². The van der Waals surface area contributed by atoms with E-state index in [0.29, 0.717) is 24.0 Å². The van der Waals surface area contributed by atoms with Gasteiger partial charge in [-0.05, 0) is 35.9 Å². The van der Waals surface area contributed by atoms with Gasteiger partial charge < -0.3 is 9.13 Å². The number of aromatic nitrogens is 6. The van der Waals surface area contributed by atoms with Crippen molar-refractivity contribution in [2.75, 3.05) is 0 Å². The van der Waals surface area contributed by atoms with E-state index in [0.717, 1.165) is 55.4 Å². The molecule has 240 valence electrons. The Kier molecular flexibility index (Phi) is 6.77. The van der Waals surface area contributed by atoms with E-state index in [1.54, 1.807) is 0 Å². The lowest BCUT2D eigenvalue weighted by atomic mass is 9.97. The first-order chi connectivity index (χ1) is 25.3. The molecule has 6 heteroatoms. The highest BCUT2D eigenvalue weighted by atomic mass is 15.1. The first-order valence-corrected chi connectivity index (χ1v) is 17.1. The Bertz CT molecular complexity index is 2820. The van der Waals surface area contributed by atoms with E-state index in [-0.39, 0.29) is 0 Å². The minimum absolute atomic E-state index is 0.465. The summed E-state index contributed by atoms with van der Waals surface area (Å²) in [5.41, 5.74) is 9.85. The van der Waals surface area contributed by atoms with Gasteiger partial charge in [-0.15, -0.1) is 0 Å².